The summed E-state index contributed by atoms with van der Waals surface area (Å²) in [5.41, 5.74) is 1.29. The first-order chi connectivity index (χ1) is 6.40. The molecule has 1 rings (SSSR count). The van der Waals surface area contributed by atoms with Crippen LogP contribution in [-0.4, -0.2) is 10.9 Å². The average Bonchev–Trinajstić information content (AvgIpc) is 2.08. The minimum Gasteiger partial charge on any atom is -0.504 e. The summed E-state index contributed by atoms with van der Waals surface area (Å²) in [6.07, 6.45) is 2.39. The molecule has 0 bridgehead atoms. The lowest BCUT2D eigenvalue weighted by molar-refractivity contribution is -0.115. The number of Topliss-reactive ketones (excluding diaryl/α,β-unsaturated/α-hetero) is 1. The van der Waals surface area contributed by atoms with Crippen molar-refractivity contribution >= 4 is 5.78 Å². The van der Waals surface area contributed by atoms with Crippen molar-refractivity contribution in [3.63, 3.8) is 0 Å². The molecule has 0 radical (unpaired) electrons. The minimum absolute atomic E-state index is 0.0619. The molecule has 1 N–H and O–H groups in total. The molecule has 0 spiro atoms. The predicted molar refractivity (Wildman–Crippen MR) is 57.1 cm³/mol. The number of carbonyl (C=O) groups excluding carboxylic acids is 1. The van der Waals surface area contributed by atoms with Crippen LogP contribution in [0.25, 0.3) is 0 Å². The summed E-state index contributed by atoms with van der Waals surface area (Å²) in [6, 6.07) is 0. The van der Waals surface area contributed by atoms with Crippen LogP contribution in [0.3, 0.4) is 0 Å². The summed E-state index contributed by atoms with van der Waals surface area (Å²) in [5.74, 6) is -0.333. The largest absolute Gasteiger partial charge is 0.504 e. The minimum atomic E-state index is -0.271. The molecule has 1 aliphatic rings. The predicted octanol–water partition coefficient (Wildman–Crippen LogP) is 3.15. The van der Waals surface area contributed by atoms with Crippen molar-refractivity contribution in [1.29, 1.82) is 0 Å². The fourth-order valence-corrected chi connectivity index (χ4v) is 2.05. The number of allylic oxidation sites excluding steroid dienone is 2. The van der Waals surface area contributed by atoms with Crippen molar-refractivity contribution in [3.8, 4) is 0 Å². The van der Waals surface area contributed by atoms with Crippen LogP contribution in [-0.2, 0) is 4.79 Å². The van der Waals surface area contributed by atoms with Gasteiger partial charge < -0.3 is 5.11 Å². The lowest BCUT2D eigenvalue weighted by atomic mass is 9.71. The number of ketones is 1. The van der Waals surface area contributed by atoms with Gasteiger partial charge in [-0.2, -0.15) is 0 Å². The van der Waals surface area contributed by atoms with E-state index in [0.29, 0.717) is 12.0 Å². The molecule has 0 fully saturated rings. The Morgan fingerprint density at radius 2 is 2.07 bits per heavy atom. The van der Waals surface area contributed by atoms with Crippen molar-refractivity contribution in [2.24, 2.45) is 5.41 Å². The quantitative estimate of drug-likeness (QED) is 0.685. The maximum absolute atomic E-state index is 11.5. The van der Waals surface area contributed by atoms with Gasteiger partial charge in [0.15, 0.2) is 5.76 Å². The highest BCUT2D eigenvalue weighted by atomic mass is 16.3. The summed E-state index contributed by atoms with van der Waals surface area (Å²) < 4.78 is 0. The number of hydrogen-bond acceptors (Lipinski definition) is 2. The molecule has 0 saturated heterocycles. The van der Waals surface area contributed by atoms with E-state index in [4.69, 9.17) is 0 Å². The van der Waals surface area contributed by atoms with Gasteiger partial charge in [-0.15, -0.1) is 0 Å². The average molecular weight is 194 g/mol. The van der Waals surface area contributed by atoms with Crippen LogP contribution in [0, 0.1) is 5.41 Å². The molecule has 0 unspecified atom stereocenters. The Labute approximate surface area is 85.3 Å². The Kier molecular flexibility index (Phi) is 2.84. The van der Waals surface area contributed by atoms with E-state index in [9.17, 15) is 9.90 Å². The van der Waals surface area contributed by atoms with E-state index >= 15 is 0 Å². The summed E-state index contributed by atoms with van der Waals surface area (Å²) in [7, 11) is 0. The second-order valence-electron chi connectivity index (χ2n) is 4.57. The molecule has 14 heavy (non-hydrogen) atoms. The maximum atomic E-state index is 11.5. The summed E-state index contributed by atoms with van der Waals surface area (Å²) in [5, 5.41) is 9.74. The van der Waals surface area contributed by atoms with Crippen LogP contribution >= 0.6 is 0 Å². The van der Waals surface area contributed by atoms with Gasteiger partial charge in [-0.25, -0.2) is 0 Å². The molecule has 0 atom stereocenters. The van der Waals surface area contributed by atoms with Gasteiger partial charge in [0.05, 0.1) is 0 Å². The Morgan fingerprint density at radius 1 is 1.50 bits per heavy atom. The first-order valence-electron chi connectivity index (χ1n) is 5.05. The molecule has 78 valence electrons. The molecule has 0 amide bonds. The summed E-state index contributed by atoms with van der Waals surface area (Å²) in [4.78, 5) is 11.5. The fraction of sp³-hybridized carbons (Fsp3) is 0.583. The molecule has 2 nitrogen and oxygen atoms in total. The van der Waals surface area contributed by atoms with Gasteiger partial charge in [0.1, 0.15) is 0 Å². The molecule has 1 aliphatic carbocycles. The van der Waals surface area contributed by atoms with Crippen LogP contribution in [0.1, 0.15) is 40.0 Å². The van der Waals surface area contributed by atoms with Crippen molar-refractivity contribution in [1.82, 2.24) is 0 Å². The zero-order valence-corrected chi connectivity index (χ0v) is 9.18. The van der Waals surface area contributed by atoms with Crippen molar-refractivity contribution < 1.29 is 9.90 Å². The third-order valence-electron chi connectivity index (χ3n) is 2.79. The molecular weight excluding hydrogens is 176 g/mol. The highest BCUT2D eigenvalue weighted by Crippen LogP contribution is 2.41. The van der Waals surface area contributed by atoms with E-state index in [0.717, 1.165) is 18.4 Å². The van der Waals surface area contributed by atoms with Gasteiger partial charge in [0.25, 0.3) is 0 Å². The lowest BCUT2D eigenvalue weighted by Gasteiger charge is -2.33. The third kappa shape index (κ3) is 1.74. The summed E-state index contributed by atoms with van der Waals surface area (Å²) in [6.45, 7) is 9.83. The molecule has 0 aliphatic heterocycles. The zero-order chi connectivity index (χ0) is 10.9. The van der Waals surface area contributed by atoms with Gasteiger partial charge in [0, 0.05) is 0 Å². The van der Waals surface area contributed by atoms with E-state index in [1.165, 1.54) is 0 Å². The van der Waals surface area contributed by atoms with Gasteiger partial charge in [-0.3, -0.25) is 4.79 Å². The second-order valence-corrected chi connectivity index (χ2v) is 4.57. The SMILES string of the molecule is C=C1CC(C)(C)C(CCC)=C(O)C1=O. The molecule has 2 heteroatoms. The number of rotatable bonds is 2. The highest BCUT2D eigenvalue weighted by Gasteiger charge is 2.35. The van der Waals surface area contributed by atoms with Gasteiger partial charge in [-0.1, -0.05) is 33.8 Å². The molecule has 0 heterocycles. The number of aliphatic hydroxyl groups excluding tert-OH is 1. The lowest BCUT2D eigenvalue weighted by Crippen LogP contribution is -2.27. The van der Waals surface area contributed by atoms with Crippen molar-refractivity contribution in [3.05, 3.63) is 23.5 Å². The Balaban J connectivity index is 3.16. The third-order valence-corrected chi connectivity index (χ3v) is 2.79. The normalized spacial score (nSPS) is 21.6. The highest BCUT2D eigenvalue weighted by molar-refractivity contribution is 6.07. The molecule has 0 aromatic heterocycles. The van der Waals surface area contributed by atoms with Crippen LogP contribution in [0.4, 0.5) is 0 Å². The van der Waals surface area contributed by atoms with E-state index in [1.807, 2.05) is 20.8 Å². The first kappa shape index (κ1) is 11.0. The molecule has 0 aromatic carbocycles. The van der Waals surface area contributed by atoms with Crippen LogP contribution < -0.4 is 0 Å². The first-order valence-corrected chi connectivity index (χ1v) is 5.05. The van der Waals surface area contributed by atoms with E-state index in [1.54, 1.807) is 0 Å². The molecule has 0 aromatic rings. The fourth-order valence-electron chi connectivity index (χ4n) is 2.05. The monoisotopic (exact) mass is 194 g/mol. The Bertz CT molecular complexity index is 308. The smallest absolute Gasteiger partial charge is 0.222 e. The molecule has 0 saturated carbocycles. The van der Waals surface area contributed by atoms with Crippen LogP contribution in [0.5, 0.6) is 0 Å². The number of carbonyl (C=O) groups is 1. The van der Waals surface area contributed by atoms with Gasteiger partial charge in [0.2, 0.25) is 5.78 Å². The topological polar surface area (TPSA) is 37.3 Å². The summed E-state index contributed by atoms with van der Waals surface area (Å²) >= 11 is 0. The molecular formula is C12H18O2. The van der Waals surface area contributed by atoms with Crippen LogP contribution in [0.15, 0.2) is 23.5 Å². The second kappa shape index (κ2) is 3.60. The van der Waals surface area contributed by atoms with E-state index < -0.39 is 0 Å². The van der Waals surface area contributed by atoms with Crippen molar-refractivity contribution in [2.45, 2.75) is 40.0 Å². The Hall–Kier alpha value is -1.05. The van der Waals surface area contributed by atoms with Gasteiger partial charge >= 0.3 is 0 Å². The standard InChI is InChI=1S/C12H18O2/c1-5-6-9-11(14)10(13)8(2)7-12(9,3)4/h14H,2,5-7H2,1,3-4H3. The Morgan fingerprint density at radius 3 is 2.57 bits per heavy atom. The van der Waals surface area contributed by atoms with E-state index in [2.05, 4.69) is 6.58 Å². The van der Waals surface area contributed by atoms with E-state index in [-0.39, 0.29) is 17.0 Å². The maximum Gasteiger partial charge on any atom is 0.222 e. The van der Waals surface area contributed by atoms with Crippen molar-refractivity contribution in [2.75, 3.05) is 0 Å². The van der Waals surface area contributed by atoms with Gasteiger partial charge in [-0.05, 0) is 29.4 Å². The zero-order valence-electron chi connectivity index (χ0n) is 9.18. The number of hydrogen-bond donors (Lipinski definition) is 1. The van der Waals surface area contributed by atoms with Crippen LogP contribution in [0.2, 0.25) is 0 Å². The number of aliphatic hydroxyl groups is 1.